The number of carbonyl (C=O) groups is 2. The Morgan fingerprint density at radius 3 is 1.50 bits per heavy atom. The topological polar surface area (TPSA) is 111 Å². The Morgan fingerprint density at radius 2 is 1.00 bits per heavy atom. The zero-order chi connectivity index (χ0) is 40.0. The predicted molar refractivity (Wildman–Crippen MR) is 222 cm³/mol. The van der Waals surface area contributed by atoms with Gasteiger partial charge in [-0.3, -0.25) is 14.2 Å². The van der Waals surface area contributed by atoms with Crippen LogP contribution in [0.25, 0.3) is 0 Å². The number of unbranched alkanes of at least 4 members (excludes halogenated alkanes) is 22. The van der Waals surface area contributed by atoms with Crippen molar-refractivity contribution in [2.24, 2.45) is 0 Å². The molecule has 10 heteroatoms. The van der Waals surface area contributed by atoms with Gasteiger partial charge in [0.1, 0.15) is 19.8 Å². The summed E-state index contributed by atoms with van der Waals surface area (Å²) in [5.41, 5.74) is 0. The minimum absolute atomic E-state index is 0.0319. The lowest BCUT2D eigenvalue weighted by Crippen LogP contribution is -2.37. The standard InChI is InChI=1S/C44H84NO8P/c1-6-8-10-12-14-16-18-20-22-24-26-28-30-32-34-36-43(46)50-40-42(41-52-54(48,49)51-39-38-45(3,4)5)53-44(47)37-35-33-31-29-27-25-23-21-19-17-15-13-11-9-7-2/h15,17,21,23,42H,6-14,16,18-20,22,24-41H2,1-5H3/b17-15+,23-21+. The van der Waals surface area contributed by atoms with Gasteiger partial charge in [-0.05, 0) is 44.9 Å². The van der Waals surface area contributed by atoms with Crippen molar-refractivity contribution >= 4 is 19.8 Å². The monoisotopic (exact) mass is 786 g/mol. The number of nitrogens with zero attached hydrogens (tertiary/aromatic N) is 1. The number of carbonyl (C=O) groups excluding carboxylic acids is 2. The number of hydrogen-bond donors (Lipinski definition) is 0. The molecule has 318 valence electrons. The maximum Gasteiger partial charge on any atom is 0.306 e. The summed E-state index contributed by atoms with van der Waals surface area (Å²) in [5, 5.41) is 0. The smallest absolute Gasteiger partial charge is 0.306 e. The Hall–Kier alpha value is -1.51. The summed E-state index contributed by atoms with van der Waals surface area (Å²) >= 11 is 0. The highest BCUT2D eigenvalue weighted by Crippen LogP contribution is 2.38. The van der Waals surface area contributed by atoms with E-state index in [-0.39, 0.29) is 32.0 Å². The fraction of sp³-hybridized carbons (Fsp3) is 0.864. The lowest BCUT2D eigenvalue weighted by molar-refractivity contribution is -0.870. The van der Waals surface area contributed by atoms with Crippen LogP contribution in [0.1, 0.15) is 194 Å². The van der Waals surface area contributed by atoms with Crippen molar-refractivity contribution in [3.8, 4) is 0 Å². The molecule has 54 heavy (non-hydrogen) atoms. The number of rotatable bonds is 40. The first-order valence-electron chi connectivity index (χ1n) is 22.0. The zero-order valence-corrected chi connectivity index (χ0v) is 36.6. The Labute approximate surface area is 332 Å². The SMILES string of the molecule is CCCCC/C=C/C/C=C/CCCCCCCC(=O)OC(COC(=O)CCCCCCCCCCCCCCCCC)COP(=O)([O-])OCC[N+](C)(C)C. The van der Waals surface area contributed by atoms with Gasteiger partial charge in [0.25, 0.3) is 7.82 Å². The summed E-state index contributed by atoms with van der Waals surface area (Å²) < 4.78 is 33.9. The summed E-state index contributed by atoms with van der Waals surface area (Å²) in [4.78, 5) is 37.5. The quantitative estimate of drug-likeness (QED) is 0.0198. The first kappa shape index (κ1) is 52.5. The van der Waals surface area contributed by atoms with E-state index in [1.165, 1.54) is 103 Å². The van der Waals surface area contributed by atoms with Crippen LogP contribution in [0.2, 0.25) is 0 Å². The molecule has 0 saturated heterocycles. The number of phosphoric acid groups is 1. The van der Waals surface area contributed by atoms with E-state index in [0.29, 0.717) is 17.4 Å². The van der Waals surface area contributed by atoms with Gasteiger partial charge >= 0.3 is 11.9 Å². The zero-order valence-electron chi connectivity index (χ0n) is 35.7. The molecule has 0 N–H and O–H groups in total. The summed E-state index contributed by atoms with van der Waals surface area (Å²) in [5.74, 6) is -0.844. The summed E-state index contributed by atoms with van der Waals surface area (Å²) in [6, 6.07) is 0. The van der Waals surface area contributed by atoms with Crippen LogP contribution < -0.4 is 4.89 Å². The molecule has 0 saturated carbocycles. The minimum Gasteiger partial charge on any atom is -0.756 e. The van der Waals surface area contributed by atoms with Crippen molar-refractivity contribution in [1.29, 1.82) is 0 Å². The maximum absolute atomic E-state index is 12.7. The van der Waals surface area contributed by atoms with Crippen molar-refractivity contribution in [2.75, 3.05) is 47.5 Å². The van der Waals surface area contributed by atoms with E-state index in [1.54, 1.807) is 0 Å². The van der Waals surface area contributed by atoms with Crippen molar-refractivity contribution in [3.63, 3.8) is 0 Å². The average Bonchev–Trinajstić information content (AvgIpc) is 3.12. The van der Waals surface area contributed by atoms with Crippen LogP contribution in [-0.4, -0.2) is 70.0 Å². The molecule has 0 spiro atoms. The second kappa shape index (κ2) is 37.1. The van der Waals surface area contributed by atoms with Gasteiger partial charge in [-0.15, -0.1) is 0 Å². The Bertz CT molecular complexity index is 980. The molecule has 2 atom stereocenters. The van der Waals surface area contributed by atoms with E-state index in [0.717, 1.165) is 57.8 Å². The van der Waals surface area contributed by atoms with Gasteiger partial charge in [-0.25, -0.2) is 0 Å². The van der Waals surface area contributed by atoms with E-state index in [1.807, 2.05) is 21.1 Å². The highest BCUT2D eigenvalue weighted by atomic mass is 31.2. The van der Waals surface area contributed by atoms with Gasteiger partial charge < -0.3 is 27.9 Å². The predicted octanol–water partition coefficient (Wildman–Crippen LogP) is 11.7. The molecule has 9 nitrogen and oxygen atoms in total. The van der Waals surface area contributed by atoms with Crippen LogP contribution in [0.4, 0.5) is 0 Å². The van der Waals surface area contributed by atoms with Crippen molar-refractivity contribution < 1.29 is 42.1 Å². The maximum atomic E-state index is 12.7. The molecule has 0 rings (SSSR count). The second-order valence-corrected chi connectivity index (χ2v) is 17.5. The molecule has 0 aliphatic rings. The number of allylic oxidation sites excluding steroid dienone is 4. The lowest BCUT2D eigenvalue weighted by Gasteiger charge is -2.28. The van der Waals surface area contributed by atoms with E-state index >= 15 is 0 Å². The molecule has 0 fully saturated rings. The summed E-state index contributed by atoms with van der Waals surface area (Å²) in [6.45, 7) is 4.20. The van der Waals surface area contributed by atoms with Crippen LogP contribution in [0.5, 0.6) is 0 Å². The number of likely N-dealkylation sites (N-methyl/N-ethyl adjacent to an activating group) is 1. The molecular weight excluding hydrogens is 701 g/mol. The molecule has 0 aromatic heterocycles. The van der Waals surface area contributed by atoms with Crippen LogP contribution in [0.3, 0.4) is 0 Å². The second-order valence-electron chi connectivity index (χ2n) is 16.1. The third kappa shape index (κ3) is 40.2. The number of hydrogen-bond acceptors (Lipinski definition) is 8. The van der Waals surface area contributed by atoms with Crippen LogP contribution in [0.15, 0.2) is 24.3 Å². The van der Waals surface area contributed by atoms with Gasteiger partial charge in [0.05, 0.1) is 27.7 Å². The van der Waals surface area contributed by atoms with Crippen molar-refractivity contribution in [2.45, 2.75) is 200 Å². The number of quaternary nitrogens is 1. The molecule has 2 unspecified atom stereocenters. The largest absolute Gasteiger partial charge is 0.756 e. The number of ether oxygens (including phenoxy) is 2. The van der Waals surface area contributed by atoms with Gasteiger partial charge in [0, 0.05) is 12.8 Å². The molecule has 0 heterocycles. The third-order valence-corrected chi connectivity index (χ3v) is 10.4. The van der Waals surface area contributed by atoms with E-state index < -0.39 is 26.5 Å². The third-order valence-electron chi connectivity index (χ3n) is 9.47. The number of esters is 2. The first-order valence-corrected chi connectivity index (χ1v) is 23.5. The van der Waals surface area contributed by atoms with Gasteiger partial charge in [-0.1, -0.05) is 160 Å². The Kier molecular flexibility index (Phi) is 36.1. The van der Waals surface area contributed by atoms with Gasteiger partial charge in [0.2, 0.25) is 0 Å². The molecule has 0 radical (unpaired) electrons. The highest BCUT2D eigenvalue weighted by molar-refractivity contribution is 7.45. The Balaban J connectivity index is 4.37. The highest BCUT2D eigenvalue weighted by Gasteiger charge is 2.21. The average molecular weight is 786 g/mol. The number of phosphoric ester groups is 1. The molecule has 0 aliphatic heterocycles. The first-order chi connectivity index (χ1) is 26.0. The molecule has 0 aromatic carbocycles. The van der Waals surface area contributed by atoms with Crippen LogP contribution >= 0.6 is 7.82 Å². The van der Waals surface area contributed by atoms with Crippen LogP contribution in [0, 0.1) is 0 Å². The minimum atomic E-state index is -4.62. The molecule has 0 aromatic rings. The summed E-state index contributed by atoms with van der Waals surface area (Å²) in [6.07, 6.45) is 39.1. The normalized spacial score (nSPS) is 13.8. The van der Waals surface area contributed by atoms with Gasteiger partial charge in [0.15, 0.2) is 6.10 Å². The molecular formula is C44H84NO8P. The van der Waals surface area contributed by atoms with E-state index in [2.05, 4.69) is 38.2 Å². The van der Waals surface area contributed by atoms with Crippen molar-refractivity contribution in [3.05, 3.63) is 24.3 Å². The molecule has 0 bridgehead atoms. The Morgan fingerprint density at radius 1 is 0.574 bits per heavy atom. The van der Waals surface area contributed by atoms with Gasteiger partial charge in [-0.2, -0.15) is 0 Å². The molecule has 0 amide bonds. The van der Waals surface area contributed by atoms with E-state index in [9.17, 15) is 19.0 Å². The molecule has 0 aliphatic carbocycles. The fourth-order valence-electron chi connectivity index (χ4n) is 5.98. The summed E-state index contributed by atoms with van der Waals surface area (Å²) in [7, 11) is 1.16. The fourth-order valence-corrected chi connectivity index (χ4v) is 6.71. The van der Waals surface area contributed by atoms with Crippen LogP contribution in [-0.2, 0) is 32.7 Å². The van der Waals surface area contributed by atoms with E-state index in [4.69, 9.17) is 18.5 Å². The van der Waals surface area contributed by atoms with Crippen molar-refractivity contribution in [1.82, 2.24) is 0 Å². The lowest BCUT2D eigenvalue weighted by atomic mass is 10.0.